The second-order valence-electron chi connectivity index (χ2n) is 3.86. The Morgan fingerprint density at radius 1 is 1.17 bits per heavy atom. The van der Waals surface area contributed by atoms with Crippen LogP contribution in [0.2, 0.25) is 0 Å². The van der Waals surface area contributed by atoms with Crippen molar-refractivity contribution >= 4 is 32.5 Å². The molecule has 0 unspecified atom stereocenters. The van der Waals surface area contributed by atoms with Gasteiger partial charge in [0.25, 0.3) is 0 Å². The molecule has 0 aliphatic rings. The van der Waals surface area contributed by atoms with Crippen LogP contribution in [0.25, 0.3) is 10.8 Å². The number of carbonyl (C=O) groups is 1. The molecule has 0 aromatic heterocycles. The maximum absolute atomic E-state index is 11.3. The molecule has 2 aromatic carbocycles. The van der Waals surface area contributed by atoms with Gasteiger partial charge in [-0.2, -0.15) is 0 Å². The minimum absolute atomic E-state index is 0.0186. The number of ether oxygens (including phenoxy) is 2. The van der Waals surface area contributed by atoms with Gasteiger partial charge in [0.1, 0.15) is 19.0 Å². The van der Waals surface area contributed by atoms with Gasteiger partial charge in [-0.3, -0.25) is 4.79 Å². The van der Waals surface area contributed by atoms with Crippen molar-refractivity contribution in [2.24, 2.45) is 0 Å². The normalized spacial score (nSPS) is 10.6. The first-order valence-corrected chi connectivity index (χ1v) is 6.32. The summed E-state index contributed by atoms with van der Waals surface area (Å²) in [5.74, 6) is 0.579. The Morgan fingerprint density at radius 3 is 2.72 bits per heavy atom. The predicted octanol–water partition coefficient (Wildman–Crippen LogP) is 3.20. The number of fused-ring (bicyclic) bond motifs is 1. The molecular weight excluding hydrogens is 296 g/mol. The molecule has 0 heterocycles. The van der Waals surface area contributed by atoms with E-state index in [1.54, 1.807) is 0 Å². The molecule has 0 aliphatic heterocycles. The summed E-state index contributed by atoms with van der Waals surface area (Å²) in [6, 6.07) is 11.8. The summed E-state index contributed by atoms with van der Waals surface area (Å²) in [4.78, 5) is 11.3. The van der Waals surface area contributed by atoms with E-state index >= 15 is 0 Å². The lowest BCUT2D eigenvalue weighted by Gasteiger charge is -2.09. The van der Waals surface area contributed by atoms with Crippen molar-refractivity contribution in [2.45, 2.75) is 0 Å². The molecule has 18 heavy (non-hydrogen) atoms. The number of methoxy groups -OCH3 is 1. The van der Waals surface area contributed by atoms with Crippen LogP contribution in [0.5, 0.6) is 5.75 Å². The summed E-state index contributed by atoms with van der Waals surface area (Å²) in [7, 11) is 1.49. The van der Waals surface area contributed by atoms with Gasteiger partial charge in [-0.25, -0.2) is 0 Å². The molecular formula is C14H13BrO3. The number of hydrogen-bond acceptors (Lipinski definition) is 3. The van der Waals surface area contributed by atoms with Crippen LogP contribution in [0.3, 0.4) is 0 Å². The second kappa shape index (κ2) is 5.98. The lowest BCUT2D eigenvalue weighted by molar-refractivity contribution is -0.124. The topological polar surface area (TPSA) is 35.5 Å². The van der Waals surface area contributed by atoms with Crippen molar-refractivity contribution in [1.82, 2.24) is 0 Å². The van der Waals surface area contributed by atoms with Crippen LogP contribution in [-0.4, -0.2) is 26.1 Å². The number of benzene rings is 2. The van der Waals surface area contributed by atoms with Crippen LogP contribution in [0, 0.1) is 0 Å². The monoisotopic (exact) mass is 308 g/mol. The maximum Gasteiger partial charge on any atom is 0.195 e. The zero-order chi connectivity index (χ0) is 13.0. The average molecular weight is 309 g/mol. The summed E-state index contributed by atoms with van der Waals surface area (Å²) in [6.45, 7) is 0.0932. The van der Waals surface area contributed by atoms with E-state index in [-0.39, 0.29) is 19.0 Å². The second-order valence-corrected chi connectivity index (χ2v) is 4.65. The van der Waals surface area contributed by atoms with Gasteiger partial charge >= 0.3 is 0 Å². The fourth-order valence-electron chi connectivity index (χ4n) is 1.69. The van der Waals surface area contributed by atoms with E-state index in [0.29, 0.717) is 5.75 Å². The molecule has 4 heteroatoms. The fraction of sp³-hybridized carbons (Fsp3) is 0.214. The third-order valence-electron chi connectivity index (χ3n) is 2.52. The molecule has 0 aliphatic carbocycles. The zero-order valence-electron chi connectivity index (χ0n) is 9.98. The third kappa shape index (κ3) is 2.89. The van der Waals surface area contributed by atoms with Gasteiger partial charge in [0.05, 0.1) is 4.47 Å². The first-order chi connectivity index (χ1) is 8.72. The number of Topliss-reactive ketones (excluding diaryl/α,β-unsaturated/α-hetero) is 1. The highest BCUT2D eigenvalue weighted by atomic mass is 79.9. The van der Waals surface area contributed by atoms with E-state index in [4.69, 9.17) is 9.47 Å². The highest BCUT2D eigenvalue weighted by Crippen LogP contribution is 2.32. The molecule has 0 amide bonds. The van der Waals surface area contributed by atoms with Crippen LogP contribution in [0.15, 0.2) is 40.9 Å². The number of rotatable bonds is 5. The highest BCUT2D eigenvalue weighted by Gasteiger charge is 2.08. The third-order valence-corrected chi connectivity index (χ3v) is 3.34. The summed E-state index contributed by atoms with van der Waals surface area (Å²) in [5, 5.41) is 2.19. The zero-order valence-corrected chi connectivity index (χ0v) is 11.6. The Hall–Kier alpha value is -1.39. The Morgan fingerprint density at radius 2 is 1.94 bits per heavy atom. The molecule has 2 aromatic rings. The summed E-state index contributed by atoms with van der Waals surface area (Å²) >= 11 is 3.50. The van der Waals surface area contributed by atoms with E-state index < -0.39 is 0 Å². The van der Waals surface area contributed by atoms with Crippen LogP contribution in [0.1, 0.15) is 0 Å². The molecule has 0 fully saturated rings. The van der Waals surface area contributed by atoms with Gasteiger partial charge in [-0.05, 0) is 32.8 Å². The predicted molar refractivity (Wildman–Crippen MR) is 74.0 cm³/mol. The minimum atomic E-state index is -0.0856. The van der Waals surface area contributed by atoms with Crippen molar-refractivity contribution in [1.29, 1.82) is 0 Å². The number of hydrogen-bond donors (Lipinski definition) is 0. The van der Waals surface area contributed by atoms with Gasteiger partial charge in [0.15, 0.2) is 5.78 Å². The van der Waals surface area contributed by atoms with E-state index in [0.717, 1.165) is 15.2 Å². The number of carbonyl (C=O) groups excluding carboxylic acids is 1. The van der Waals surface area contributed by atoms with Crippen molar-refractivity contribution < 1.29 is 14.3 Å². The SMILES string of the molecule is COCC(=O)COc1ccc2ccccc2c1Br. The van der Waals surface area contributed by atoms with Crippen molar-refractivity contribution in [3.63, 3.8) is 0 Å². The maximum atomic E-state index is 11.3. The lowest BCUT2D eigenvalue weighted by Crippen LogP contribution is -2.16. The highest BCUT2D eigenvalue weighted by molar-refractivity contribution is 9.10. The van der Waals surface area contributed by atoms with Gasteiger partial charge < -0.3 is 9.47 Å². The summed E-state index contributed by atoms with van der Waals surface area (Å²) in [6.07, 6.45) is 0. The number of halogens is 1. The van der Waals surface area contributed by atoms with E-state index in [1.807, 2.05) is 36.4 Å². The van der Waals surface area contributed by atoms with Crippen LogP contribution >= 0.6 is 15.9 Å². The molecule has 0 radical (unpaired) electrons. The fourth-order valence-corrected chi connectivity index (χ4v) is 2.29. The van der Waals surface area contributed by atoms with E-state index in [2.05, 4.69) is 15.9 Å². The van der Waals surface area contributed by atoms with Crippen LogP contribution in [-0.2, 0) is 9.53 Å². The van der Waals surface area contributed by atoms with Crippen molar-refractivity contribution in [2.75, 3.05) is 20.3 Å². The van der Waals surface area contributed by atoms with E-state index in [1.165, 1.54) is 7.11 Å². The molecule has 0 spiro atoms. The van der Waals surface area contributed by atoms with Crippen LogP contribution in [0.4, 0.5) is 0 Å². The molecule has 0 saturated carbocycles. The van der Waals surface area contributed by atoms with Gasteiger partial charge in [-0.1, -0.05) is 30.3 Å². The van der Waals surface area contributed by atoms with Gasteiger partial charge in [0.2, 0.25) is 0 Å². The molecule has 2 rings (SSSR count). The first kappa shape index (κ1) is 13.1. The lowest BCUT2D eigenvalue weighted by atomic mass is 10.1. The average Bonchev–Trinajstić information content (AvgIpc) is 2.39. The Labute approximate surface area is 114 Å². The molecule has 0 atom stereocenters. The molecule has 0 N–H and O–H groups in total. The number of ketones is 1. The first-order valence-electron chi connectivity index (χ1n) is 5.53. The summed E-state index contributed by atoms with van der Waals surface area (Å²) in [5.41, 5.74) is 0. The molecule has 94 valence electrons. The Bertz CT molecular complexity index is 566. The summed E-state index contributed by atoms with van der Waals surface area (Å²) < 4.78 is 11.1. The largest absolute Gasteiger partial charge is 0.485 e. The van der Waals surface area contributed by atoms with Crippen LogP contribution < -0.4 is 4.74 Å². The minimum Gasteiger partial charge on any atom is -0.485 e. The van der Waals surface area contributed by atoms with Gasteiger partial charge in [0, 0.05) is 7.11 Å². The van der Waals surface area contributed by atoms with Crippen molar-refractivity contribution in [3.8, 4) is 5.75 Å². The molecule has 0 saturated heterocycles. The van der Waals surface area contributed by atoms with Crippen molar-refractivity contribution in [3.05, 3.63) is 40.9 Å². The smallest absolute Gasteiger partial charge is 0.195 e. The quantitative estimate of drug-likeness (QED) is 0.851. The molecule has 3 nitrogen and oxygen atoms in total. The standard InChI is InChI=1S/C14H13BrO3/c1-17-8-11(16)9-18-13-7-6-10-4-2-3-5-12(10)14(13)15/h2-7H,8-9H2,1H3. The Kier molecular flexibility index (Phi) is 4.33. The Balaban J connectivity index is 2.19. The molecule has 0 bridgehead atoms. The van der Waals surface area contributed by atoms with E-state index in [9.17, 15) is 4.79 Å². The van der Waals surface area contributed by atoms with Gasteiger partial charge in [-0.15, -0.1) is 0 Å².